The van der Waals surface area contributed by atoms with E-state index in [1.165, 1.54) is 0 Å². The maximum Gasteiger partial charge on any atom is 0.209 e. The first-order valence-corrected chi connectivity index (χ1v) is 6.92. The lowest BCUT2D eigenvalue weighted by molar-refractivity contribution is 0.0971. The van der Waals surface area contributed by atoms with Gasteiger partial charge in [0.2, 0.25) is 5.78 Å². The minimum Gasteiger partial charge on any atom is -0.497 e. The molecule has 3 rings (SSSR count). The summed E-state index contributed by atoms with van der Waals surface area (Å²) in [6.45, 7) is 0. The molecule has 0 amide bonds. The number of methoxy groups -OCH3 is 1. The number of Topliss-reactive ketones (excluding diaryl/α,β-unsaturated/α-hetero) is 2. The largest absolute Gasteiger partial charge is 0.497 e. The van der Waals surface area contributed by atoms with Crippen molar-refractivity contribution in [2.75, 3.05) is 7.11 Å². The third-order valence-corrected chi connectivity index (χ3v) is 3.80. The molecular formula is C18H15NO3. The summed E-state index contributed by atoms with van der Waals surface area (Å²) in [5, 5.41) is 0. The van der Waals surface area contributed by atoms with Crippen LogP contribution in [0.1, 0.15) is 26.3 Å². The van der Waals surface area contributed by atoms with Gasteiger partial charge in [-0.2, -0.15) is 0 Å². The van der Waals surface area contributed by atoms with Crippen LogP contribution < -0.4 is 10.5 Å². The number of ketones is 2. The fraction of sp³-hybridized carbons (Fsp3) is 0.111. The van der Waals surface area contributed by atoms with Gasteiger partial charge in [0.15, 0.2) is 5.78 Å². The van der Waals surface area contributed by atoms with Crippen LogP contribution in [0.25, 0.3) is 0 Å². The second-order valence-corrected chi connectivity index (χ2v) is 5.12. The van der Waals surface area contributed by atoms with Crippen LogP contribution in [-0.4, -0.2) is 18.7 Å². The van der Waals surface area contributed by atoms with Crippen LogP contribution >= 0.6 is 0 Å². The molecule has 1 aliphatic carbocycles. The second kappa shape index (κ2) is 5.48. The average Bonchev–Trinajstić information content (AvgIpc) is 2.57. The van der Waals surface area contributed by atoms with Crippen LogP contribution in [-0.2, 0) is 6.42 Å². The summed E-state index contributed by atoms with van der Waals surface area (Å²) >= 11 is 0. The zero-order chi connectivity index (χ0) is 15.7. The molecule has 4 nitrogen and oxygen atoms in total. The van der Waals surface area contributed by atoms with Crippen molar-refractivity contribution >= 4 is 11.6 Å². The molecule has 0 spiro atoms. The summed E-state index contributed by atoms with van der Waals surface area (Å²) < 4.78 is 5.11. The van der Waals surface area contributed by atoms with Crippen LogP contribution in [0.15, 0.2) is 59.8 Å². The summed E-state index contributed by atoms with van der Waals surface area (Å²) in [7, 11) is 1.59. The maximum absolute atomic E-state index is 12.6. The van der Waals surface area contributed by atoms with Gasteiger partial charge in [0.25, 0.3) is 0 Å². The number of hydrogen-bond donors (Lipinski definition) is 1. The van der Waals surface area contributed by atoms with Crippen molar-refractivity contribution < 1.29 is 14.3 Å². The highest BCUT2D eigenvalue weighted by atomic mass is 16.5. The zero-order valence-electron chi connectivity index (χ0n) is 12.1. The van der Waals surface area contributed by atoms with Crippen molar-refractivity contribution in [2.24, 2.45) is 5.73 Å². The number of hydrogen-bond acceptors (Lipinski definition) is 4. The van der Waals surface area contributed by atoms with Gasteiger partial charge in [-0.3, -0.25) is 9.59 Å². The Labute approximate surface area is 128 Å². The number of fused-ring (bicyclic) bond motifs is 1. The fourth-order valence-electron chi connectivity index (χ4n) is 2.57. The smallest absolute Gasteiger partial charge is 0.209 e. The van der Waals surface area contributed by atoms with Crippen molar-refractivity contribution in [3.05, 3.63) is 76.5 Å². The van der Waals surface area contributed by atoms with Crippen LogP contribution in [0, 0.1) is 0 Å². The van der Waals surface area contributed by atoms with Gasteiger partial charge >= 0.3 is 0 Å². The first kappa shape index (κ1) is 14.1. The molecule has 0 fully saturated rings. The van der Waals surface area contributed by atoms with Gasteiger partial charge in [-0.15, -0.1) is 0 Å². The number of nitrogens with two attached hydrogens (primary N) is 1. The Morgan fingerprint density at radius 2 is 1.50 bits per heavy atom. The Balaban J connectivity index is 1.97. The van der Waals surface area contributed by atoms with Crippen LogP contribution in [0.3, 0.4) is 0 Å². The minimum atomic E-state index is -0.279. The summed E-state index contributed by atoms with van der Waals surface area (Å²) in [6, 6.07) is 14.1. The van der Waals surface area contributed by atoms with Crippen molar-refractivity contribution in [3.8, 4) is 5.75 Å². The topological polar surface area (TPSA) is 69.4 Å². The molecule has 22 heavy (non-hydrogen) atoms. The van der Waals surface area contributed by atoms with Gasteiger partial charge in [-0.05, 0) is 17.7 Å². The molecule has 0 atom stereocenters. The molecule has 0 aromatic heterocycles. The Morgan fingerprint density at radius 3 is 2.09 bits per heavy atom. The number of ether oxygens (including phenoxy) is 1. The Hall–Kier alpha value is -2.88. The fourth-order valence-corrected chi connectivity index (χ4v) is 2.57. The average molecular weight is 293 g/mol. The Kier molecular flexibility index (Phi) is 3.51. The quantitative estimate of drug-likeness (QED) is 0.944. The number of benzene rings is 2. The Bertz CT molecular complexity index is 788. The molecule has 0 saturated carbocycles. The van der Waals surface area contributed by atoms with Gasteiger partial charge < -0.3 is 10.5 Å². The Morgan fingerprint density at radius 1 is 0.909 bits per heavy atom. The second-order valence-electron chi connectivity index (χ2n) is 5.12. The molecule has 0 heterocycles. The van der Waals surface area contributed by atoms with E-state index in [1.807, 2.05) is 24.3 Å². The number of rotatable bonds is 3. The van der Waals surface area contributed by atoms with Crippen LogP contribution in [0.5, 0.6) is 5.75 Å². The van der Waals surface area contributed by atoms with Crippen molar-refractivity contribution in [1.82, 2.24) is 0 Å². The van der Waals surface area contributed by atoms with E-state index in [4.69, 9.17) is 10.5 Å². The molecule has 0 bridgehead atoms. The van der Waals surface area contributed by atoms with Crippen molar-refractivity contribution in [1.29, 1.82) is 0 Å². The van der Waals surface area contributed by atoms with Gasteiger partial charge in [0, 0.05) is 23.1 Å². The van der Waals surface area contributed by atoms with Gasteiger partial charge in [0.1, 0.15) is 5.75 Å². The summed E-state index contributed by atoms with van der Waals surface area (Å²) in [5.41, 5.74) is 8.01. The first-order chi connectivity index (χ1) is 10.6. The molecule has 0 radical (unpaired) electrons. The van der Waals surface area contributed by atoms with Crippen LogP contribution in [0.4, 0.5) is 0 Å². The molecule has 4 heteroatoms. The normalized spacial score (nSPS) is 14.0. The SMILES string of the molecule is COc1ccc(CC2=C(N)C(=O)c3ccccc3C2=O)cc1. The van der Waals surface area contributed by atoms with Gasteiger partial charge in [-0.1, -0.05) is 36.4 Å². The lowest BCUT2D eigenvalue weighted by Gasteiger charge is -2.18. The summed E-state index contributed by atoms with van der Waals surface area (Å²) in [4.78, 5) is 24.9. The molecule has 0 unspecified atom stereocenters. The maximum atomic E-state index is 12.6. The molecule has 110 valence electrons. The highest BCUT2D eigenvalue weighted by molar-refractivity contribution is 6.26. The molecular weight excluding hydrogens is 278 g/mol. The van der Waals surface area contributed by atoms with Crippen LogP contribution in [0.2, 0.25) is 0 Å². The van der Waals surface area contributed by atoms with E-state index in [0.29, 0.717) is 23.1 Å². The minimum absolute atomic E-state index is 0.0412. The summed E-state index contributed by atoms with van der Waals surface area (Å²) in [6.07, 6.45) is 0.328. The van der Waals surface area contributed by atoms with Crippen molar-refractivity contribution in [2.45, 2.75) is 6.42 Å². The lowest BCUT2D eigenvalue weighted by atomic mass is 9.85. The zero-order valence-corrected chi connectivity index (χ0v) is 12.1. The highest BCUT2D eigenvalue weighted by Crippen LogP contribution is 2.26. The van der Waals surface area contributed by atoms with E-state index in [-0.39, 0.29) is 17.3 Å². The van der Waals surface area contributed by atoms with E-state index in [1.54, 1.807) is 31.4 Å². The summed E-state index contributed by atoms with van der Waals surface area (Å²) in [5.74, 6) is 0.282. The molecule has 0 saturated heterocycles. The molecule has 2 N–H and O–H groups in total. The predicted molar refractivity (Wildman–Crippen MR) is 83.0 cm³/mol. The predicted octanol–water partition coefficient (Wildman–Crippen LogP) is 2.53. The number of carbonyl (C=O) groups excluding carboxylic acids is 2. The molecule has 1 aliphatic rings. The van der Waals surface area contributed by atoms with E-state index in [0.717, 1.165) is 11.3 Å². The van der Waals surface area contributed by atoms with Gasteiger partial charge in [0.05, 0.1) is 12.8 Å². The third kappa shape index (κ3) is 2.29. The van der Waals surface area contributed by atoms with Crippen molar-refractivity contribution in [3.63, 3.8) is 0 Å². The van der Waals surface area contributed by atoms with E-state index in [9.17, 15) is 9.59 Å². The van der Waals surface area contributed by atoms with E-state index in [2.05, 4.69) is 0 Å². The standard InChI is InChI=1S/C18H15NO3/c1-22-12-8-6-11(7-9-12)10-15-16(19)18(21)14-5-3-2-4-13(14)17(15)20/h2-9H,10,19H2,1H3. The number of carbonyl (C=O) groups is 2. The molecule has 2 aromatic rings. The monoisotopic (exact) mass is 293 g/mol. The highest BCUT2D eigenvalue weighted by Gasteiger charge is 2.30. The molecule has 0 aliphatic heterocycles. The van der Waals surface area contributed by atoms with E-state index >= 15 is 0 Å². The third-order valence-electron chi connectivity index (χ3n) is 3.80. The number of allylic oxidation sites excluding steroid dienone is 2. The van der Waals surface area contributed by atoms with Gasteiger partial charge in [-0.25, -0.2) is 0 Å². The van der Waals surface area contributed by atoms with E-state index < -0.39 is 0 Å². The molecule has 2 aromatic carbocycles. The first-order valence-electron chi connectivity index (χ1n) is 6.92. The lowest BCUT2D eigenvalue weighted by Crippen LogP contribution is -2.27.